The number of phenols is 2. The lowest BCUT2D eigenvalue weighted by molar-refractivity contribution is 0.0619. The van der Waals surface area contributed by atoms with Gasteiger partial charge in [-0.05, 0) is 35.4 Å². The van der Waals surface area contributed by atoms with Gasteiger partial charge in [0.05, 0.1) is 26.4 Å². The number of hydrogen-bond acceptors (Lipinski definition) is 5. The van der Waals surface area contributed by atoms with Crippen molar-refractivity contribution >= 4 is 0 Å². The zero-order chi connectivity index (χ0) is 16.6. The van der Waals surface area contributed by atoms with Crippen LogP contribution in [-0.4, -0.2) is 48.3 Å². The van der Waals surface area contributed by atoms with Gasteiger partial charge in [0.25, 0.3) is 0 Å². The second-order valence-electron chi connectivity index (χ2n) is 6.44. The number of ether oxygens (including phenoxy) is 3. The minimum atomic E-state index is -0.414. The smallest absolute Gasteiger partial charge is 0.126 e. The monoisotopic (exact) mass is 328 g/mol. The van der Waals surface area contributed by atoms with Crippen LogP contribution in [0.4, 0.5) is 0 Å². The van der Waals surface area contributed by atoms with E-state index in [1.54, 1.807) is 24.3 Å². The molecule has 24 heavy (non-hydrogen) atoms. The van der Waals surface area contributed by atoms with Gasteiger partial charge in [-0.2, -0.15) is 0 Å². The van der Waals surface area contributed by atoms with E-state index in [-0.39, 0.29) is 23.5 Å². The van der Waals surface area contributed by atoms with Crippen molar-refractivity contribution in [1.82, 2.24) is 0 Å². The maximum Gasteiger partial charge on any atom is 0.126 e. The van der Waals surface area contributed by atoms with E-state index in [1.807, 2.05) is 24.3 Å². The molecule has 2 heterocycles. The molecule has 2 unspecified atom stereocenters. The average Bonchev–Trinajstić information content (AvgIpc) is 3.49. The summed E-state index contributed by atoms with van der Waals surface area (Å²) in [5, 5.41) is 19.1. The molecule has 5 nitrogen and oxygen atoms in total. The number of phenolic OH excluding ortho intramolecular Hbond substituents is 2. The van der Waals surface area contributed by atoms with Crippen LogP contribution in [0, 0.1) is 0 Å². The number of rotatable bonds is 7. The fourth-order valence-electron chi connectivity index (χ4n) is 3.09. The van der Waals surface area contributed by atoms with Crippen LogP contribution in [0.3, 0.4) is 0 Å². The molecule has 5 heteroatoms. The van der Waals surface area contributed by atoms with Crippen LogP contribution in [-0.2, 0) is 14.2 Å². The third-order valence-electron chi connectivity index (χ3n) is 4.55. The van der Waals surface area contributed by atoms with Crippen molar-refractivity contribution in [2.45, 2.75) is 17.6 Å². The average molecular weight is 328 g/mol. The van der Waals surface area contributed by atoms with Crippen molar-refractivity contribution in [3.63, 3.8) is 0 Å². The molecule has 2 N–H and O–H groups in total. The lowest BCUT2D eigenvalue weighted by Crippen LogP contribution is -2.30. The summed E-state index contributed by atoms with van der Waals surface area (Å²) in [5.74, 6) is 0.436. The summed E-state index contributed by atoms with van der Waals surface area (Å²) < 4.78 is 16.8. The minimum absolute atomic E-state index is 0.0289. The summed E-state index contributed by atoms with van der Waals surface area (Å²) >= 11 is 0. The van der Waals surface area contributed by atoms with Gasteiger partial charge in [-0.15, -0.1) is 0 Å². The van der Waals surface area contributed by atoms with Gasteiger partial charge in [-0.1, -0.05) is 24.3 Å². The van der Waals surface area contributed by atoms with E-state index in [4.69, 9.17) is 14.2 Å². The largest absolute Gasteiger partial charge is 0.508 e. The van der Waals surface area contributed by atoms with Crippen LogP contribution in [0.15, 0.2) is 48.5 Å². The number of epoxide rings is 2. The van der Waals surface area contributed by atoms with Gasteiger partial charge >= 0.3 is 0 Å². The molecular weight excluding hydrogens is 308 g/mol. The number of hydrogen-bond donors (Lipinski definition) is 2. The molecule has 2 aliphatic heterocycles. The molecule has 0 aliphatic carbocycles. The summed E-state index contributed by atoms with van der Waals surface area (Å²) in [4.78, 5) is 0. The van der Waals surface area contributed by atoms with E-state index in [0.717, 1.165) is 17.7 Å². The van der Waals surface area contributed by atoms with Crippen LogP contribution in [0.25, 0.3) is 0 Å². The molecule has 126 valence electrons. The molecule has 2 fully saturated rings. The van der Waals surface area contributed by atoms with E-state index in [2.05, 4.69) is 0 Å². The third kappa shape index (κ3) is 3.24. The van der Waals surface area contributed by atoms with E-state index in [1.165, 1.54) is 0 Å². The molecular formula is C19H20O5. The first-order valence-electron chi connectivity index (χ1n) is 8.07. The Hall–Kier alpha value is -2.08. The first-order chi connectivity index (χ1) is 11.7. The lowest BCUT2D eigenvalue weighted by Gasteiger charge is -2.25. The van der Waals surface area contributed by atoms with E-state index < -0.39 is 5.60 Å². The third-order valence-corrected chi connectivity index (χ3v) is 4.55. The van der Waals surface area contributed by atoms with Crippen LogP contribution >= 0.6 is 0 Å². The second kappa shape index (κ2) is 6.09. The van der Waals surface area contributed by atoms with Gasteiger partial charge in [0.15, 0.2) is 0 Å². The number of benzene rings is 2. The topological polar surface area (TPSA) is 74.8 Å². The zero-order valence-electron chi connectivity index (χ0n) is 13.2. The van der Waals surface area contributed by atoms with Crippen LogP contribution in [0.5, 0.6) is 11.5 Å². The number of aromatic hydroxyl groups is 2. The summed E-state index contributed by atoms with van der Waals surface area (Å²) in [6.45, 7) is 2.46. The maximum atomic E-state index is 9.57. The Bertz CT molecular complexity index is 641. The lowest BCUT2D eigenvalue weighted by atomic mass is 9.81. The highest BCUT2D eigenvalue weighted by Crippen LogP contribution is 2.46. The summed E-state index contributed by atoms with van der Waals surface area (Å²) in [6, 6.07) is 14.3. The Kier molecular flexibility index (Phi) is 3.92. The highest BCUT2D eigenvalue weighted by molar-refractivity contribution is 5.41. The van der Waals surface area contributed by atoms with Gasteiger partial charge in [0.2, 0.25) is 0 Å². The molecule has 0 saturated carbocycles. The highest BCUT2D eigenvalue weighted by atomic mass is 16.6. The van der Waals surface area contributed by atoms with Gasteiger partial charge in [-0.3, -0.25) is 0 Å². The van der Waals surface area contributed by atoms with Crippen LogP contribution in [0.2, 0.25) is 0 Å². The van der Waals surface area contributed by atoms with Crippen molar-refractivity contribution in [3.8, 4) is 11.5 Å². The Morgan fingerprint density at radius 1 is 1.00 bits per heavy atom. The maximum absolute atomic E-state index is 9.57. The first-order valence-corrected chi connectivity index (χ1v) is 8.07. The van der Waals surface area contributed by atoms with Crippen LogP contribution in [0.1, 0.15) is 17.0 Å². The normalized spacial score (nSPS) is 25.0. The molecule has 0 amide bonds. The standard InChI is InChI=1S/C19H20O5/c20-15-5-1-13(2-6-15)18(14-3-7-16(21)8-4-14)19(12-24-19)11-22-9-17-10-23-17/h1-8,17-18,20-21H,9-12H2. The van der Waals surface area contributed by atoms with Gasteiger partial charge in [-0.25, -0.2) is 0 Å². The predicted octanol–water partition coefficient (Wildman–Crippen LogP) is 2.41. The van der Waals surface area contributed by atoms with E-state index in [0.29, 0.717) is 19.8 Å². The molecule has 2 aliphatic rings. The van der Waals surface area contributed by atoms with Crippen LogP contribution < -0.4 is 0 Å². The molecule has 2 aromatic carbocycles. The molecule has 2 saturated heterocycles. The van der Waals surface area contributed by atoms with Crippen molar-refractivity contribution < 1.29 is 24.4 Å². The van der Waals surface area contributed by atoms with E-state index in [9.17, 15) is 10.2 Å². The van der Waals surface area contributed by atoms with Crippen molar-refractivity contribution in [1.29, 1.82) is 0 Å². The molecule has 0 spiro atoms. The minimum Gasteiger partial charge on any atom is -0.508 e. The Morgan fingerprint density at radius 3 is 1.92 bits per heavy atom. The van der Waals surface area contributed by atoms with Crippen molar-refractivity contribution in [2.24, 2.45) is 0 Å². The molecule has 0 aromatic heterocycles. The summed E-state index contributed by atoms with van der Waals surface area (Å²) in [5.41, 5.74) is 1.67. The molecule has 2 atom stereocenters. The zero-order valence-corrected chi connectivity index (χ0v) is 13.2. The van der Waals surface area contributed by atoms with Gasteiger partial charge in [0, 0.05) is 5.92 Å². The SMILES string of the molecule is Oc1ccc(C(c2ccc(O)cc2)C2(COCC3CO3)CO2)cc1. The Balaban J connectivity index is 1.61. The molecule has 0 radical (unpaired) electrons. The summed E-state index contributed by atoms with van der Waals surface area (Å²) in [6.07, 6.45) is 0.224. The molecule has 0 bridgehead atoms. The van der Waals surface area contributed by atoms with Crippen molar-refractivity contribution in [2.75, 3.05) is 26.4 Å². The highest BCUT2D eigenvalue weighted by Gasteiger charge is 2.53. The Labute approximate surface area is 140 Å². The fourth-order valence-corrected chi connectivity index (χ4v) is 3.09. The first kappa shape index (κ1) is 15.4. The quantitative estimate of drug-likeness (QED) is 0.764. The summed E-state index contributed by atoms with van der Waals surface area (Å²) in [7, 11) is 0. The van der Waals surface area contributed by atoms with E-state index >= 15 is 0 Å². The Morgan fingerprint density at radius 2 is 1.50 bits per heavy atom. The second-order valence-corrected chi connectivity index (χ2v) is 6.44. The van der Waals surface area contributed by atoms with Gasteiger partial charge in [0.1, 0.15) is 23.2 Å². The van der Waals surface area contributed by atoms with Crippen molar-refractivity contribution in [3.05, 3.63) is 59.7 Å². The molecule has 4 rings (SSSR count). The molecule has 2 aromatic rings. The van der Waals surface area contributed by atoms with Gasteiger partial charge < -0.3 is 24.4 Å². The predicted molar refractivity (Wildman–Crippen MR) is 87.3 cm³/mol. The fraction of sp³-hybridized carbons (Fsp3) is 0.368.